The van der Waals surface area contributed by atoms with Crippen molar-refractivity contribution in [3.8, 4) is 0 Å². The summed E-state index contributed by atoms with van der Waals surface area (Å²) in [5.74, 6) is 0. The molecule has 4 heteroatoms. The molecule has 0 aromatic rings. The first-order valence-electron chi connectivity index (χ1n) is 7.54. The third kappa shape index (κ3) is 4.06. The predicted molar refractivity (Wildman–Crippen MR) is 89.2 cm³/mol. The van der Waals surface area contributed by atoms with Gasteiger partial charge in [0.15, 0.2) is 0 Å². The summed E-state index contributed by atoms with van der Waals surface area (Å²) in [4.78, 5) is 17.7. The van der Waals surface area contributed by atoms with E-state index in [-0.39, 0.29) is 0 Å². The number of allylic oxidation sites excluding steroid dienone is 2. The zero-order valence-corrected chi connectivity index (χ0v) is 13.6. The zero-order chi connectivity index (χ0) is 15.9. The molecule has 0 aliphatic carbocycles. The molecule has 1 aliphatic heterocycles. The van der Waals surface area contributed by atoms with Gasteiger partial charge in [-0.3, -0.25) is 9.79 Å². The van der Waals surface area contributed by atoms with Crippen molar-refractivity contribution in [3.63, 3.8) is 0 Å². The molecule has 1 atom stereocenters. The van der Waals surface area contributed by atoms with Gasteiger partial charge in [0, 0.05) is 5.70 Å². The van der Waals surface area contributed by atoms with E-state index in [1.165, 1.54) is 5.57 Å². The lowest BCUT2D eigenvalue weighted by Crippen LogP contribution is -2.51. The van der Waals surface area contributed by atoms with Gasteiger partial charge in [0.1, 0.15) is 0 Å². The van der Waals surface area contributed by atoms with Gasteiger partial charge >= 0.3 is 0 Å². The van der Waals surface area contributed by atoms with Gasteiger partial charge < -0.3 is 10.2 Å². The van der Waals surface area contributed by atoms with Crippen LogP contribution in [0.15, 0.2) is 41.2 Å². The van der Waals surface area contributed by atoms with Crippen LogP contribution in [0.25, 0.3) is 0 Å². The molecule has 1 rings (SSSR count). The van der Waals surface area contributed by atoms with Crippen LogP contribution in [-0.2, 0) is 4.79 Å². The molecule has 1 unspecified atom stereocenters. The van der Waals surface area contributed by atoms with E-state index in [9.17, 15) is 4.79 Å². The van der Waals surface area contributed by atoms with Gasteiger partial charge in [-0.15, -0.1) is 0 Å². The Morgan fingerprint density at radius 1 is 1.57 bits per heavy atom. The minimum Gasteiger partial charge on any atom is -0.348 e. The minimum atomic E-state index is -0.408. The van der Waals surface area contributed by atoms with E-state index in [1.54, 1.807) is 0 Å². The molecule has 0 radical (unpaired) electrons. The second-order valence-corrected chi connectivity index (χ2v) is 5.43. The number of hydrogen-bond donors (Lipinski definition) is 1. The number of hydrogen-bond acceptors (Lipinski definition) is 3. The second kappa shape index (κ2) is 7.81. The number of carbonyl (C=O) groups is 1. The quantitative estimate of drug-likeness (QED) is 0.732. The van der Waals surface area contributed by atoms with Gasteiger partial charge in [-0.25, -0.2) is 0 Å². The lowest BCUT2D eigenvalue weighted by Gasteiger charge is -2.32. The SMILES string of the molecule is C=CN1CC(C(C)(CC)NC=O)=NCC=C1/C(C)=C\CC. The maximum atomic E-state index is 10.9. The minimum absolute atomic E-state index is 0.408. The Kier molecular flexibility index (Phi) is 6.40. The number of aliphatic imine (C=N–C) groups is 1. The molecule has 4 nitrogen and oxygen atoms in total. The van der Waals surface area contributed by atoms with Gasteiger partial charge in [-0.05, 0) is 44.5 Å². The highest BCUT2D eigenvalue weighted by Gasteiger charge is 2.30. The van der Waals surface area contributed by atoms with Crippen molar-refractivity contribution >= 4 is 12.1 Å². The van der Waals surface area contributed by atoms with Crippen LogP contribution in [0.5, 0.6) is 0 Å². The lowest BCUT2D eigenvalue weighted by molar-refractivity contribution is -0.110. The monoisotopic (exact) mass is 289 g/mol. The third-order valence-corrected chi connectivity index (χ3v) is 4.05. The zero-order valence-electron chi connectivity index (χ0n) is 13.6. The van der Waals surface area contributed by atoms with Crippen LogP contribution >= 0.6 is 0 Å². The van der Waals surface area contributed by atoms with Crippen LogP contribution in [-0.4, -0.2) is 35.7 Å². The van der Waals surface area contributed by atoms with Crippen LogP contribution in [0.2, 0.25) is 0 Å². The Hall–Kier alpha value is -1.84. The highest BCUT2D eigenvalue weighted by Crippen LogP contribution is 2.22. The molecule has 0 aromatic carbocycles. The largest absolute Gasteiger partial charge is 0.348 e. The van der Waals surface area contributed by atoms with Crippen molar-refractivity contribution in [1.29, 1.82) is 0 Å². The van der Waals surface area contributed by atoms with E-state index < -0.39 is 5.54 Å². The average Bonchev–Trinajstić information content (AvgIpc) is 2.70. The van der Waals surface area contributed by atoms with Crippen molar-refractivity contribution in [2.45, 2.75) is 46.1 Å². The van der Waals surface area contributed by atoms with Gasteiger partial charge in [-0.1, -0.05) is 26.5 Å². The summed E-state index contributed by atoms with van der Waals surface area (Å²) in [6.45, 7) is 13.5. The van der Waals surface area contributed by atoms with E-state index in [2.05, 4.69) is 54.7 Å². The lowest BCUT2D eigenvalue weighted by atomic mass is 9.92. The molecule has 0 bridgehead atoms. The number of rotatable bonds is 7. The highest BCUT2D eigenvalue weighted by molar-refractivity contribution is 5.96. The molecule has 1 amide bonds. The number of carbonyl (C=O) groups excluding carboxylic acids is 1. The maximum Gasteiger partial charge on any atom is 0.207 e. The highest BCUT2D eigenvalue weighted by atomic mass is 16.1. The van der Waals surface area contributed by atoms with Crippen molar-refractivity contribution in [2.24, 2.45) is 4.99 Å². The summed E-state index contributed by atoms with van der Waals surface area (Å²) in [6, 6.07) is 0. The molecule has 116 valence electrons. The molecular weight excluding hydrogens is 262 g/mol. The van der Waals surface area contributed by atoms with E-state index in [1.807, 2.05) is 13.1 Å². The molecule has 0 aromatic heterocycles. The molecular formula is C17H27N3O. The Morgan fingerprint density at radius 2 is 2.29 bits per heavy atom. The molecule has 1 aliphatic rings. The first-order valence-corrected chi connectivity index (χ1v) is 7.54. The number of nitrogens with zero attached hydrogens (tertiary/aromatic N) is 2. The van der Waals surface area contributed by atoms with Gasteiger partial charge in [0.25, 0.3) is 0 Å². The van der Waals surface area contributed by atoms with Crippen LogP contribution in [0.1, 0.15) is 40.5 Å². The summed E-state index contributed by atoms with van der Waals surface area (Å²) in [5, 5.41) is 2.91. The molecule has 0 fully saturated rings. The first kappa shape index (κ1) is 17.2. The Morgan fingerprint density at radius 3 is 2.81 bits per heavy atom. The second-order valence-electron chi connectivity index (χ2n) is 5.43. The molecule has 1 N–H and O–H groups in total. The maximum absolute atomic E-state index is 10.9. The van der Waals surface area contributed by atoms with Crippen molar-refractivity contribution in [2.75, 3.05) is 13.1 Å². The summed E-state index contributed by atoms with van der Waals surface area (Å²) < 4.78 is 0. The topological polar surface area (TPSA) is 44.7 Å². The predicted octanol–water partition coefficient (Wildman–Crippen LogP) is 3.04. The van der Waals surface area contributed by atoms with E-state index in [0.717, 1.165) is 30.7 Å². The van der Waals surface area contributed by atoms with Crippen LogP contribution < -0.4 is 5.32 Å². The van der Waals surface area contributed by atoms with Crippen molar-refractivity contribution in [3.05, 3.63) is 36.2 Å². The third-order valence-electron chi connectivity index (χ3n) is 4.05. The van der Waals surface area contributed by atoms with Crippen molar-refractivity contribution in [1.82, 2.24) is 10.2 Å². The number of amides is 1. The fraction of sp³-hybridized carbons (Fsp3) is 0.529. The summed E-state index contributed by atoms with van der Waals surface area (Å²) >= 11 is 0. The Bertz CT molecular complexity index is 476. The Labute approximate surface area is 128 Å². The van der Waals surface area contributed by atoms with E-state index in [4.69, 9.17) is 0 Å². The van der Waals surface area contributed by atoms with E-state index >= 15 is 0 Å². The Balaban J connectivity index is 3.06. The normalized spacial score (nSPS) is 19.0. The first-order chi connectivity index (χ1) is 10.0. The summed E-state index contributed by atoms with van der Waals surface area (Å²) in [7, 11) is 0. The average molecular weight is 289 g/mol. The molecule has 1 heterocycles. The molecule has 0 saturated carbocycles. The van der Waals surface area contributed by atoms with Crippen LogP contribution in [0.4, 0.5) is 0 Å². The van der Waals surface area contributed by atoms with Crippen LogP contribution in [0, 0.1) is 0 Å². The van der Waals surface area contributed by atoms with Crippen LogP contribution in [0.3, 0.4) is 0 Å². The summed E-state index contributed by atoms with van der Waals surface area (Å²) in [5.41, 5.74) is 2.95. The van der Waals surface area contributed by atoms with Gasteiger partial charge in [0.05, 0.1) is 24.3 Å². The summed E-state index contributed by atoms with van der Waals surface area (Å²) in [6.07, 6.45) is 8.71. The standard InChI is InChI=1S/C17H27N3O/c1-6-9-14(4)15-10-11-18-16(12-20(15)8-3)17(5,7-2)19-13-21/h8-10,13H,3,6-7,11-12H2,1-2,4-5H3,(H,19,21)/b14-9-. The fourth-order valence-electron chi connectivity index (χ4n) is 2.49. The number of nitrogens with one attached hydrogen (secondary N) is 1. The smallest absolute Gasteiger partial charge is 0.207 e. The van der Waals surface area contributed by atoms with Gasteiger partial charge in [0.2, 0.25) is 6.41 Å². The molecule has 0 spiro atoms. The molecule has 0 saturated heterocycles. The van der Waals surface area contributed by atoms with Crippen molar-refractivity contribution < 1.29 is 4.79 Å². The fourth-order valence-corrected chi connectivity index (χ4v) is 2.49. The molecule has 21 heavy (non-hydrogen) atoms. The van der Waals surface area contributed by atoms with E-state index in [0.29, 0.717) is 13.1 Å². The van der Waals surface area contributed by atoms with Gasteiger partial charge in [-0.2, -0.15) is 0 Å².